The first kappa shape index (κ1) is 31.7. The monoisotopic (exact) mass is 466 g/mol. The van der Waals surface area contributed by atoms with E-state index in [1.54, 1.807) is 0 Å². The van der Waals surface area contributed by atoms with Crippen molar-refractivity contribution in [2.75, 3.05) is 92.5 Å². The highest BCUT2D eigenvalue weighted by molar-refractivity contribution is 7.79. The van der Waals surface area contributed by atoms with Gasteiger partial charge in [0.2, 0.25) is 0 Å². The Morgan fingerprint density at radius 3 is 1.03 bits per heavy atom. The topological polar surface area (TPSA) is 159 Å². The molecule has 0 saturated carbocycles. The molecule has 184 valence electrons. The van der Waals surface area contributed by atoms with Crippen LogP contribution in [0.1, 0.15) is 13.8 Å². The predicted octanol–water partition coefficient (Wildman–Crippen LogP) is -0.149. The standard InChI is InChI=1S/C17H36O8.H2O4S/c1-17(2)25-16-15-24-14-13-23-12-11-22-10-9-21-8-7-20-6-5-19-4-3-18;1-5(2,3)4/h17-18H,3-16H2,1-2H3;(H2,1,2,3,4). The summed E-state index contributed by atoms with van der Waals surface area (Å²) in [4.78, 5) is 0. The van der Waals surface area contributed by atoms with Crippen LogP contribution in [0.15, 0.2) is 0 Å². The van der Waals surface area contributed by atoms with Crippen molar-refractivity contribution in [3.8, 4) is 0 Å². The SMILES string of the molecule is CC(C)OCCOCCOCCOCCOCCOCCOCCO.O=S(=O)(O)O. The zero-order valence-corrected chi connectivity index (χ0v) is 18.7. The molecule has 0 heterocycles. The molecule has 30 heavy (non-hydrogen) atoms. The van der Waals surface area contributed by atoms with Crippen LogP contribution in [0, 0.1) is 0 Å². The first-order valence-corrected chi connectivity index (χ1v) is 11.1. The van der Waals surface area contributed by atoms with Gasteiger partial charge in [0, 0.05) is 0 Å². The third kappa shape index (κ3) is 41.8. The lowest BCUT2D eigenvalue weighted by Crippen LogP contribution is -2.15. The van der Waals surface area contributed by atoms with E-state index < -0.39 is 10.4 Å². The van der Waals surface area contributed by atoms with E-state index in [0.717, 1.165) is 0 Å². The van der Waals surface area contributed by atoms with Gasteiger partial charge in [-0.2, -0.15) is 8.42 Å². The Hall–Kier alpha value is -0.450. The summed E-state index contributed by atoms with van der Waals surface area (Å²) in [5.74, 6) is 0. The van der Waals surface area contributed by atoms with Gasteiger partial charge in [0.15, 0.2) is 0 Å². The highest BCUT2D eigenvalue weighted by Crippen LogP contribution is 1.88. The van der Waals surface area contributed by atoms with Crippen molar-refractivity contribution in [1.82, 2.24) is 0 Å². The average Bonchev–Trinajstić information content (AvgIpc) is 2.65. The van der Waals surface area contributed by atoms with E-state index in [1.165, 1.54) is 0 Å². The summed E-state index contributed by atoms with van der Waals surface area (Å²) in [7, 11) is -4.67. The lowest BCUT2D eigenvalue weighted by Gasteiger charge is -2.09. The zero-order valence-electron chi connectivity index (χ0n) is 17.9. The maximum absolute atomic E-state index is 8.74. The van der Waals surface area contributed by atoms with Gasteiger partial charge in [-0.3, -0.25) is 9.11 Å². The number of ether oxygens (including phenoxy) is 7. The van der Waals surface area contributed by atoms with Crippen LogP contribution < -0.4 is 0 Å². The Balaban J connectivity index is 0. The van der Waals surface area contributed by atoms with Crippen molar-refractivity contribution in [3.05, 3.63) is 0 Å². The summed E-state index contributed by atoms with van der Waals surface area (Å²) in [6.45, 7) is 10.9. The van der Waals surface area contributed by atoms with Gasteiger partial charge in [0.1, 0.15) is 0 Å². The molecule has 12 nitrogen and oxygen atoms in total. The van der Waals surface area contributed by atoms with E-state index >= 15 is 0 Å². The fourth-order valence-corrected chi connectivity index (χ4v) is 1.61. The lowest BCUT2D eigenvalue weighted by atomic mass is 10.5. The molecule has 0 rings (SSSR count). The number of hydrogen-bond acceptors (Lipinski definition) is 10. The van der Waals surface area contributed by atoms with Crippen LogP contribution in [0.2, 0.25) is 0 Å². The maximum atomic E-state index is 8.74. The van der Waals surface area contributed by atoms with E-state index in [0.29, 0.717) is 85.9 Å². The van der Waals surface area contributed by atoms with Gasteiger partial charge >= 0.3 is 10.4 Å². The minimum atomic E-state index is -4.67. The number of aliphatic hydroxyl groups excluding tert-OH is 1. The van der Waals surface area contributed by atoms with Crippen LogP contribution in [-0.2, 0) is 43.6 Å². The van der Waals surface area contributed by atoms with Crippen molar-refractivity contribution in [1.29, 1.82) is 0 Å². The molecule has 0 unspecified atom stereocenters. The van der Waals surface area contributed by atoms with E-state index in [9.17, 15) is 0 Å². The number of hydrogen-bond donors (Lipinski definition) is 3. The Bertz CT molecular complexity index is 411. The minimum Gasteiger partial charge on any atom is -0.394 e. The number of rotatable bonds is 21. The van der Waals surface area contributed by atoms with Crippen molar-refractivity contribution < 1.29 is 55.8 Å². The van der Waals surface area contributed by atoms with Crippen molar-refractivity contribution in [2.45, 2.75) is 20.0 Å². The molecule has 0 aliphatic heterocycles. The summed E-state index contributed by atoms with van der Waals surface area (Å²) in [6, 6.07) is 0. The highest BCUT2D eigenvalue weighted by atomic mass is 32.3. The summed E-state index contributed by atoms with van der Waals surface area (Å²) in [5, 5.41) is 8.51. The Morgan fingerprint density at radius 2 is 0.800 bits per heavy atom. The van der Waals surface area contributed by atoms with Crippen LogP contribution in [0.25, 0.3) is 0 Å². The zero-order chi connectivity index (χ0) is 22.9. The minimum absolute atomic E-state index is 0.0375. The van der Waals surface area contributed by atoms with Gasteiger partial charge in [0.25, 0.3) is 0 Å². The largest absolute Gasteiger partial charge is 0.394 e. The smallest absolute Gasteiger partial charge is 0.394 e. The van der Waals surface area contributed by atoms with Crippen LogP contribution in [-0.4, -0.2) is 121 Å². The molecule has 0 saturated heterocycles. The number of aliphatic hydroxyl groups is 1. The predicted molar refractivity (Wildman–Crippen MR) is 107 cm³/mol. The molecule has 0 aliphatic carbocycles. The van der Waals surface area contributed by atoms with Gasteiger partial charge in [0.05, 0.1) is 98.6 Å². The van der Waals surface area contributed by atoms with Gasteiger partial charge < -0.3 is 38.3 Å². The average molecular weight is 467 g/mol. The Kier molecular flexibility index (Phi) is 26.3. The first-order chi connectivity index (χ1) is 14.3. The molecule has 0 aromatic heterocycles. The first-order valence-electron chi connectivity index (χ1n) is 9.66. The molecular weight excluding hydrogens is 428 g/mol. The maximum Gasteiger partial charge on any atom is 0.394 e. The second-order valence-corrected chi connectivity index (χ2v) is 6.66. The fourth-order valence-electron chi connectivity index (χ4n) is 1.61. The van der Waals surface area contributed by atoms with Crippen molar-refractivity contribution in [2.24, 2.45) is 0 Å². The molecule has 0 fully saturated rings. The second kappa shape index (κ2) is 24.8. The van der Waals surface area contributed by atoms with Crippen LogP contribution in [0.3, 0.4) is 0 Å². The molecule has 0 aromatic carbocycles. The summed E-state index contributed by atoms with van der Waals surface area (Å²) >= 11 is 0. The second-order valence-electron chi connectivity index (χ2n) is 5.77. The quantitative estimate of drug-likeness (QED) is 0.152. The van der Waals surface area contributed by atoms with Gasteiger partial charge in [-0.15, -0.1) is 0 Å². The van der Waals surface area contributed by atoms with Crippen LogP contribution >= 0.6 is 0 Å². The third-order valence-corrected chi connectivity index (χ3v) is 2.77. The molecule has 3 N–H and O–H groups in total. The van der Waals surface area contributed by atoms with Crippen molar-refractivity contribution in [3.63, 3.8) is 0 Å². The van der Waals surface area contributed by atoms with Gasteiger partial charge in [-0.05, 0) is 13.8 Å². The van der Waals surface area contributed by atoms with Crippen LogP contribution in [0.4, 0.5) is 0 Å². The van der Waals surface area contributed by atoms with Gasteiger partial charge in [-0.25, -0.2) is 0 Å². The van der Waals surface area contributed by atoms with Crippen LogP contribution in [0.5, 0.6) is 0 Å². The molecule has 0 amide bonds. The molecule has 0 aliphatic rings. The normalized spacial score (nSPS) is 11.5. The molecule has 0 atom stereocenters. The van der Waals surface area contributed by atoms with E-state index in [2.05, 4.69) is 0 Å². The van der Waals surface area contributed by atoms with E-state index in [-0.39, 0.29) is 12.7 Å². The highest BCUT2D eigenvalue weighted by Gasteiger charge is 1.95. The third-order valence-electron chi connectivity index (χ3n) is 2.77. The van der Waals surface area contributed by atoms with Crippen molar-refractivity contribution >= 4 is 10.4 Å². The molecule has 13 heteroatoms. The van der Waals surface area contributed by atoms with E-state index in [4.69, 9.17) is 55.8 Å². The van der Waals surface area contributed by atoms with Gasteiger partial charge in [-0.1, -0.05) is 0 Å². The Labute approximate surface area is 179 Å². The van der Waals surface area contributed by atoms with E-state index in [1.807, 2.05) is 13.8 Å². The molecular formula is C17H38O12S. The molecule has 0 spiro atoms. The molecule has 0 radical (unpaired) electrons. The Morgan fingerprint density at radius 1 is 0.567 bits per heavy atom. The summed E-state index contributed by atoms with van der Waals surface area (Å²) < 4.78 is 68.8. The molecule has 0 bridgehead atoms. The lowest BCUT2D eigenvalue weighted by molar-refractivity contribution is -0.0244. The summed E-state index contributed by atoms with van der Waals surface area (Å²) in [6.07, 6.45) is 0.241. The summed E-state index contributed by atoms with van der Waals surface area (Å²) in [5.41, 5.74) is 0. The molecule has 0 aromatic rings. The fraction of sp³-hybridized carbons (Fsp3) is 1.00.